The molecule has 0 aliphatic heterocycles. The first kappa shape index (κ1) is 30.4. The van der Waals surface area contributed by atoms with Crippen molar-refractivity contribution in [3.8, 4) is 0 Å². The summed E-state index contributed by atoms with van der Waals surface area (Å²) in [4.78, 5) is 63.4. The van der Waals surface area contributed by atoms with Gasteiger partial charge in [-0.05, 0) is 47.1 Å². The zero-order valence-corrected chi connectivity index (χ0v) is 22.1. The normalized spacial score (nSPS) is 12.6. The van der Waals surface area contributed by atoms with Gasteiger partial charge in [-0.1, -0.05) is 29.3 Å². The lowest BCUT2D eigenvalue weighted by atomic mass is 9.98. The van der Waals surface area contributed by atoms with Crippen LogP contribution in [0.4, 0.5) is 4.79 Å². The van der Waals surface area contributed by atoms with Gasteiger partial charge in [0.1, 0.15) is 17.7 Å². The minimum absolute atomic E-state index is 0.00185. The minimum atomic E-state index is -1.36. The maximum atomic E-state index is 13.4. The van der Waals surface area contributed by atoms with Crippen LogP contribution in [-0.2, 0) is 28.7 Å². The first-order valence-electron chi connectivity index (χ1n) is 11.7. The van der Waals surface area contributed by atoms with Crippen LogP contribution in [0.2, 0.25) is 0 Å². The van der Waals surface area contributed by atoms with Gasteiger partial charge in [-0.2, -0.15) is 0 Å². The summed E-state index contributed by atoms with van der Waals surface area (Å²) in [6.07, 6.45) is -1.44. The van der Waals surface area contributed by atoms with E-state index in [0.29, 0.717) is 5.56 Å². The quantitative estimate of drug-likeness (QED) is 0.385. The molecule has 0 heterocycles. The Balaban J connectivity index is 3.25. The zero-order valence-electron chi connectivity index (χ0n) is 22.1. The van der Waals surface area contributed by atoms with E-state index in [1.165, 1.54) is 7.05 Å². The van der Waals surface area contributed by atoms with E-state index in [4.69, 9.17) is 15.2 Å². The Labute approximate surface area is 212 Å². The van der Waals surface area contributed by atoms with Crippen molar-refractivity contribution in [3.63, 3.8) is 0 Å². The van der Waals surface area contributed by atoms with Crippen molar-refractivity contribution in [2.24, 2.45) is 5.73 Å². The number of hydrogen-bond acceptors (Lipinski definition) is 7. The largest absolute Gasteiger partial charge is 0.466 e. The lowest BCUT2D eigenvalue weighted by molar-refractivity contribution is -0.143. The molecule has 0 spiro atoms. The SMILES string of the molecule is CCOC(=O)CCNC(=O)C(c1cc(C)cc(C)c1)N(C)C(=O)C(CC(N)=O)NC(=O)OC(C)(C)C. The van der Waals surface area contributed by atoms with Gasteiger partial charge in [0, 0.05) is 13.6 Å². The van der Waals surface area contributed by atoms with Crippen LogP contribution in [-0.4, -0.2) is 66.5 Å². The van der Waals surface area contributed by atoms with Crippen molar-refractivity contribution in [1.29, 1.82) is 0 Å². The number of benzene rings is 1. The molecule has 200 valence electrons. The summed E-state index contributed by atoms with van der Waals surface area (Å²) in [6.45, 7) is 10.6. The van der Waals surface area contributed by atoms with Gasteiger partial charge in [0.25, 0.3) is 0 Å². The van der Waals surface area contributed by atoms with Crippen LogP contribution in [0.25, 0.3) is 0 Å². The molecule has 0 radical (unpaired) electrons. The van der Waals surface area contributed by atoms with Crippen LogP contribution in [0.15, 0.2) is 18.2 Å². The Morgan fingerprint density at radius 3 is 2.14 bits per heavy atom. The molecule has 1 aromatic rings. The zero-order chi connectivity index (χ0) is 27.6. The molecule has 1 rings (SSSR count). The number of rotatable bonds is 11. The van der Waals surface area contributed by atoms with Crippen molar-refractivity contribution in [3.05, 3.63) is 34.9 Å². The highest BCUT2D eigenvalue weighted by Crippen LogP contribution is 2.24. The summed E-state index contributed by atoms with van der Waals surface area (Å²) in [5, 5.41) is 5.04. The number of nitrogens with one attached hydrogen (secondary N) is 2. The summed E-state index contributed by atoms with van der Waals surface area (Å²) >= 11 is 0. The van der Waals surface area contributed by atoms with Crippen molar-refractivity contribution in [2.75, 3.05) is 20.2 Å². The number of primary amides is 1. The van der Waals surface area contributed by atoms with Crippen LogP contribution in [0.1, 0.15) is 63.3 Å². The molecule has 0 saturated heterocycles. The Morgan fingerprint density at radius 2 is 1.64 bits per heavy atom. The molecule has 4 N–H and O–H groups in total. The first-order valence-corrected chi connectivity index (χ1v) is 11.7. The molecule has 1 aromatic carbocycles. The fourth-order valence-electron chi connectivity index (χ4n) is 3.56. The average molecular weight is 507 g/mol. The third-order valence-electron chi connectivity index (χ3n) is 4.87. The minimum Gasteiger partial charge on any atom is -0.466 e. The second kappa shape index (κ2) is 13.5. The second-order valence-electron chi connectivity index (χ2n) is 9.49. The van der Waals surface area contributed by atoms with Gasteiger partial charge in [0.15, 0.2) is 0 Å². The monoisotopic (exact) mass is 506 g/mol. The number of esters is 1. The molecule has 11 nitrogen and oxygen atoms in total. The van der Waals surface area contributed by atoms with Crippen LogP contribution >= 0.6 is 0 Å². The van der Waals surface area contributed by atoms with Crippen molar-refractivity contribution in [2.45, 2.75) is 72.1 Å². The summed E-state index contributed by atoms with van der Waals surface area (Å²) in [5.41, 5.74) is 6.74. The molecule has 0 aliphatic rings. The van der Waals surface area contributed by atoms with E-state index in [0.717, 1.165) is 16.0 Å². The number of alkyl carbamates (subject to hydrolysis) is 1. The van der Waals surface area contributed by atoms with Crippen molar-refractivity contribution < 1.29 is 33.4 Å². The lowest BCUT2D eigenvalue weighted by Crippen LogP contribution is -2.52. The van der Waals surface area contributed by atoms with Crippen LogP contribution in [0.3, 0.4) is 0 Å². The van der Waals surface area contributed by atoms with E-state index in [1.54, 1.807) is 39.8 Å². The Hall–Kier alpha value is -3.63. The van der Waals surface area contributed by atoms with Gasteiger partial charge in [0.2, 0.25) is 17.7 Å². The topological polar surface area (TPSA) is 157 Å². The smallest absolute Gasteiger partial charge is 0.408 e. The van der Waals surface area contributed by atoms with Crippen molar-refractivity contribution in [1.82, 2.24) is 15.5 Å². The predicted molar refractivity (Wildman–Crippen MR) is 133 cm³/mol. The fraction of sp³-hybridized carbons (Fsp3) is 0.560. The number of nitrogens with two attached hydrogens (primary N) is 1. The third-order valence-corrected chi connectivity index (χ3v) is 4.87. The number of aryl methyl sites for hydroxylation is 2. The maximum Gasteiger partial charge on any atom is 0.408 e. The lowest BCUT2D eigenvalue weighted by Gasteiger charge is -2.31. The Morgan fingerprint density at radius 1 is 1.06 bits per heavy atom. The molecule has 2 atom stereocenters. The third kappa shape index (κ3) is 10.3. The molecule has 0 saturated carbocycles. The van der Waals surface area contributed by atoms with Gasteiger partial charge in [-0.15, -0.1) is 0 Å². The highest BCUT2D eigenvalue weighted by molar-refractivity contribution is 5.94. The van der Waals surface area contributed by atoms with Gasteiger partial charge in [-0.25, -0.2) is 4.79 Å². The standard InChI is InChI=1S/C25H38N4O7/c1-8-35-20(31)9-10-27-22(32)21(17-12-15(2)11-16(3)13-17)29(7)23(33)18(14-19(26)30)28-24(34)36-25(4,5)6/h11-13,18,21H,8-10,14H2,1-7H3,(H2,26,30)(H,27,32)(H,28,34). The van der Waals surface area contributed by atoms with Gasteiger partial charge < -0.3 is 30.7 Å². The van der Waals surface area contributed by atoms with E-state index >= 15 is 0 Å². The number of hydrogen-bond donors (Lipinski definition) is 3. The Kier molecular flexibility index (Phi) is 11.4. The molecule has 0 fully saturated rings. The van der Waals surface area contributed by atoms with Gasteiger partial charge in [0.05, 0.1) is 19.4 Å². The summed E-state index contributed by atoms with van der Waals surface area (Å²) in [6, 6.07) is 2.96. The number of carbonyl (C=O) groups is 5. The van der Waals surface area contributed by atoms with E-state index in [9.17, 15) is 24.0 Å². The summed E-state index contributed by atoms with van der Waals surface area (Å²) in [5.74, 6) is -2.55. The molecular formula is C25H38N4O7. The van der Waals surface area contributed by atoms with Gasteiger partial charge in [-0.3, -0.25) is 19.2 Å². The van der Waals surface area contributed by atoms with Crippen LogP contribution in [0, 0.1) is 13.8 Å². The van der Waals surface area contributed by atoms with E-state index in [1.807, 2.05) is 19.9 Å². The number of amides is 4. The summed E-state index contributed by atoms with van der Waals surface area (Å²) < 4.78 is 10.1. The maximum absolute atomic E-state index is 13.4. The van der Waals surface area contributed by atoms with Crippen molar-refractivity contribution >= 4 is 29.8 Å². The number of likely N-dealkylation sites (N-methyl/N-ethyl adjacent to an activating group) is 1. The molecule has 36 heavy (non-hydrogen) atoms. The van der Waals surface area contributed by atoms with E-state index in [2.05, 4.69) is 10.6 Å². The fourth-order valence-corrected chi connectivity index (χ4v) is 3.56. The van der Waals surface area contributed by atoms with E-state index < -0.39 is 53.9 Å². The molecule has 4 amide bonds. The second-order valence-corrected chi connectivity index (χ2v) is 9.49. The Bertz CT molecular complexity index is 951. The number of ether oxygens (including phenoxy) is 2. The summed E-state index contributed by atoms with van der Waals surface area (Å²) in [7, 11) is 1.39. The number of carbonyl (C=O) groups excluding carboxylic acids is 5. The average Bonchev–Trinajstić information content (AvgIpc) is 2.70. The molecule has 0 aliphatic carbocycles. The van der Waals surface area contributed by atoms with Gasteiger partial charge >= 0.3 is 12.1 Å². The molecule has 0 aromatic heterocycles. The van der Waals surface area contributed by atoms with Crippen LogP contribution in [0.5, 0.6) is 0 Å². The molecular weight excluding hydrogens is 468 g/mol. The first-order chi connectivity index (χ1) is 16.6. The highest BCUT2D eigenvalue weighted by atomic mass is 16.6. The highest BCUT2D eigenvalue weighted by Gasteiger charge is 2.35. The molecule has 2 unspecified atom stereocenters. The molecule has 0 bridgehead atoms. The molecule has 11 heteroatoms. The predicted octanol–water partition coefficient (Wildman–Crippen LogP) is 1.64. The van der Waals surface area contributed by atoms with E-state index in [-0.39, 0.29) is 19.6 Å². The number of nitrogens with zero attached hydrogens (tertiary/aromatic N) is 1. The van der Waals surface area contributed by atoms with Crippen LogP contribution < -0.4 is 16.4 Å².